The van der Waals surface area contributed by atoms with Crippen molar-refractivity contribution in [1.82, 2.24) is 15.1 Å². The summed E-state index contributed by atoms with van der Waals surface area (Å²) in [7, 11) is 5.07. The number of benzene rings is 2. The molecule has 168 valence electrons. The van der Waals surface area contributed by atoms with E-state index in [0.29, 0.717) is 18.7 Å². The van der Waals surface area contributed by atoms with Gasteiger partial charge >= 0.3 is 0 Å². The summed E-state index contributed by atoms with van der Waals surface area (Å²) in [6.07, 6.45) is 2.54. The fourth-order valence-corrected chi connectivity index (χ4v) is 4.05. The van der Waals surface area contributed by atoms with Crippen molar-refractivity contribution in [3.63, 3.8) is 0 Å². The number of hydrogen-bond donors (Lipinski definition) is 1. The van der Waals surface area contributed by atoms with Crippen LogP contribution in [0.25, 0.3) is 11.1 Å². The summed E-state index contributed by atoms with van der Waals surface area (Å²) in [6, 6.07) is 13.5. The molecule has 1 atom stereocenters. The molecule has 2 aromatic carbocycles. The van der Waals surface area contributed by atoms with Crippen LogP contribution in [0.3, 0.4) is 0 Å². The molecule has 7 heteroatoms. The van der Waals surface area contributed by atoms with Crippen LogP contribution < -0.4 is 19.5 Å². The molecule has 0 bridgehead atoms. The van der Waals surface area contributed by atoms with E-state index in [4.69, 9.17) is 14.2 Å². The van der Waals surface area contributed by atoms with Gasteiger partial charge in [0.15, 0.2) is 0 Å². The lowest BCUT2D eigenvalue weighted by Crippen LogP contribution is -2.33. The number of hydrogen-bond acceptors (Lipinski definition) is 5. The highest BCUT2D eigenvalue weighted by molar-refractivity contribution is 5.93. The molecule has 1 amide bonds. The van der Waals surface area contributed by atoms with Crippen molar-refractivity contribution >= 4 is 5.91 Å². The molecule has 1 N–H and O–H groups in total. The number of nitrogens with zero attached hydrogens (tertiary/aromatic N) is 2. The number of methoxy groups -OCH3 is 2. The van der Waals surface area contributed by atoms with Crippen LogP contribution in [0.2, 0.25) is 0 Å². The zero-order valence-corrected chi connectivity index (χ0v) is 19.0. The molecular weight excluding hydrogens is 406 g/mol. The minimum absolute atomic E-state index is 0.131. The number of aryl methyl sites for hydroxylation is 2. The maximum Gasteiger partial charge on any atom is 0.270 e. The van der Waals surface area contributed by atoms with Crippen molar-refractivity contribution in [3.8, 4) is 28.4 Å². The number of carbonyl (C=O) groups is 1. The Balaban J connectivity index is 1.63. The first-order chi connectivity index (χ1) is 15.5. The standard InChI is InChI=1S/C25H29N3O4/c1-5-6-18-14-23(28(2)27-18)25(29)26-22-9-10-32-24-8-7-16(13-21(22)24)17-11-19(30-3)15-20(12-17)31-4/h7-8,11-15,22H,5-6,9-10H2,1-4H3,(H,26,29). The van der Waals surface area contributed by atoms with Crippen LogP contribution in [0.15, 0.2) is 42.5 Å². The third-order valence-electron chi connectivity index (χ3n) is 5.71. The van der Waals surface area contributed by atoms with E-state index in [2.05, 4.69) is 23.4 Å². The first kappa shape index (κ1) is 21.7. The smallest absolute Gasteiger partial charge is 0.270 e. The summed E-state index contributed by atoms with van der Waals surface area (Å²) < 4.78 is 18.3. The van der Waals surface area contributed by atoms with Gasteiger partial charge in [-0.2, -0.15) is 5.10 Å². The number of nitrogens with one attached hydrogen (secondary N) is 1. The molecule has 0 radical (unpaired) electrons. The molecule has 2 heterocycles. The van der Waals surface area contributed by atoms with Gasteiger partial charge in [0.1, 0.15) is 22.9 Å². The molecule has 1 unspecified atom stereocenters. The molecule has 0 aliphatic carbocycles. The van der Waals surface area contributed by atoms with Gasteiger partial charge < -0.3 is 19.5 Å². The van der Waals surface area contributed by atoms with Gasteiger partial charge in [0.2, 0.25) is 0 Å². The Morgan fingerprint density at radius 2 is 1.88 bits per heavy atom. The number of aromatic nitrogens is 2. The fraction of sp³-hybridized carbons (Fsp3) is 0.360. The van der Waals surface area contributed by atoms with Gasteiger partial charge in [-0.3, -0.25) is 9.48 Å². The van der Waals surface area contributed by atoms with E-state index in [-0.39, 0.29) is 11.9 Å². The SMILES string of the molecule is CCCc1cc(C(=O)NC2CCOc3ccc(-c4cc(OC)cc(OC)c4)cc32)n(C)n1. The van der Waals surface area contributed by atoms with E-state index in [1.54, 1.807) is 25.9 Å². The van der Waals surface area contributed by atoms with E-state index in [9.17, 15) is 4.79 Å². The molecule has 1 aliphatic rings. The maximum absolute atomic E-state index is 13.0. The molecule has 32 heavy (non-hydrogen) atoms. The van der Waals surface area contributed by atoms with Gasteiger partial charge in [-0.15, -0.1) is 0 Å². The maximum atomic E-state index is 13.0. The Kier molecular flexibility index (Phi) is 6.35. The van der Waals surface area contributed by atoms with Crippen LogP contribution in [0, 0.1) is 0 Å². The van der Waals surface area contributed by atoms with Crippen molar-refractivity contribution < 1.29 is 19.0 Å². The molecule has 1 aromatic heterocycles. The normalized spacial score (nSPS) is 14.9. The molecule has 0 saturated carbocycles. The highest BCUT2D eigenvalue weighted by atomic mass is 16.5. The number of fused-ring (bicyclic) bond motifs is 1. The van der Waals surface area contributed by atoms with Crippen LogP contribution in [0.1, 0.15) is 47.6 Å². The molecule has 3 aromatic rings. The van der Waals surface area contributed by atoms with Crippen molar-refractivity contribution in [2.45, 2.75) is 32.2 Å². The first-order valence-corrected chi connectivity index (χ1v) is 10.9. The molecule has 0 saturated heterocycles. The molecule has 0 fully saturated rings. The van der Waals surface area contributed by atoms with E-state index >= 15 is 0 Å². The summed E-state index contributed by atoms with van der Waals surface area (Å²) in [4.78, 5) is 13.0. The van der Waals surface area contributed by atoms with Gasteiger partial charge in [-0.1, -0.05) is 19.4 Å². The second kappa shape index (κ2) is 9.34. The van der Waals surface area contributed by atoms with Crippen molar-refractivity contribution in [3.05, 3.63) is 59.4 Å². The van der Waals surface area contributed by atoms with Gasteiger partial charge in [-0.05, 0) is 47.9 Å². The molecule has 4 rings (SSSR count). The minimum atomic E-state index is -0.150. The molecular formula is C25H29N3O4. The summed E-state index contributed by atoms with van der Waals surface area (Å²) in [5, 5.41) is 7.63. The van der Waals surface area contributed by atoms with Gasteiger partial charge in [0, 0.05) is 25.1 Å². The first-order valence-electron chi connectivity index (χ1n) is 10.9. The molecule has 1 aliphatic heterocycles. The predicted octanol–water partition coefficient (Wildman–Crippen LogP) is 4.31. The average Bonchev–Trinajstić information content (AvgIpc) is 3.19. The highest BCUT2D eigenvalue weighted by Crippen LogP contribution is 2.37. The topological polar surface area (TPSA) is 74.6 Å². The Bertz CT molecular complexity index is 1100. The largest absolute Gasteiger partial charge is 0.497 e. The van der Waals surface area contributed by atoms with Gasteiger partial charge in [0.25, 0.3) is 5.91 Å². The van der Waals surface area contributed by atoms with Crippen molar-refractivity contribution in [1.29, 1.82) is 0 Å². The van der Waals surface area contributed by atoms with E-state index < -0.39 is 0 Å². The van der Waals surface area contributed by atoms with Crippen molar-refractivity contribution in [2.75, 3.05) is 20.8 Å². The fourth-order valence-electron chi connectivity index (χ4n) is 4.05. The number of rotatable bonds is 7. The third kappa shape index (κ3) is 4.42. The monoisotopic (exact) mass is 435 g/mol. The Morgan fingerprint density at radius 3 is 2.56 bits per heavy atom. The van der Waals surface area contributed by atoms with Crippen molar-refractivity contribution in [2.24, 2.45) is 7.05 Å². The summed E-state index contributed by atoms with van der Waals surface area (Å²) in [5.41, 5.74) is 4.42. The zero-order valence-electron chi connectivity index (χ0n) is 19.0. The van der Waals surface area contributed by atoms with E-state index in [0.717, 1.165) is 52.5 Å². The van der Waals surface area contributed by atoms with Gasteiger partial charge in [0.05, 0.1) is 32.6 Å². The minimum Gasteiger partial charge on any atom is -0.497 e. The van der Waals surface area contributed by atoms with Crippen LogP contribution >= 0.6 is 0 Å². The zero-order chi connectivity index (χ0) is 22.7. The lowest BCUT2D eigenvalue weighted by molar-refractivity contribution is 0.0915. The number of amides is 1. The van der Waals surface area contributed by atoms with Gasteiger partial charge in [-0.25, -0.2) is 0 Å². The summed E-state index contributed by atoms with van der Waals surface area (Å²) >= 11 is 0. The Hall–Kier alpha value is -3.48. The second-order valence-corrected chi connectivity index (χ2v) is 7.91. The summed E-state index contributed by atoms with van der Waals surface area (Å²) in [5.74, 6) is 2.10. The second-order valence-electron chi connectivity index (χ2n) is 7.91. The Labute approximate surface area is 188 Å². The number of carbonyl (C=O) groups excluding carboxylic acids is 1. The van der Waals surface area contributed by atoms with Crippen LogP contribution in [-0.4, -0.2) is 36.5 Å². The molecule has 0 spiro atoms. The van der Waals surface area contributed by atoms with Crippen LogP contribution in [0.5, 0.6) is 17.2 Å². The highest BCUT2D eigenvalue weighted by Gasteiger charge is 2.25. The van der Waals surface area contributed by atoms with E-state index in [1.165, 1.54) is 0 Å². The number of ether oxygens (including phenoxy) is 3. The Morgan fingerprint density at radius 1 is 1.12 bits per heavy atom. The third-order valence-corrected chi connectivity index (χ3v) is 5.71. The average molecular weight is 436 g/mol. The predicted molar refractivity (Wildman–Crippen MR) is 123 cm³/mol. The lowest BCUT2D eigenvalue weighted by atomic mass is 9.95. The van der Waals surface area contributed by atoms with E-state index in [1.807, 2.05) is 36.4 Å². The lowest BCUT2D eigenvalue weighted by Gasteiger charge is -2.27. The molecule has 7 nitrogen and oxygen atoms in total. The quantitative estimate of drug-likeness (QED) is 0.599. The summed E-state index contributed by atoms with van der Waals surface area (Å²) in [6.45, 7) is 2.65. The van der Waals surface area contributed by atoms with Crippen LogP contribution in [-0.2, 0) is 13.5 Å². The van der Waals surface area contributed by atoms with Crippen LogP contribution in [0.4, 0.5) is 0 Å².